The van der Waals surface area contributed by atoms with E-state index in [1.807, 2.05) is 6.92 Å². The Balaban J connectivity index is 1.88. The second-order valence-corrected chi connectivity index (χ2v) is 10.0. The second-order valence-electron chi connectivity index (χ2n) is 7.25. The van der Waals surface area contributed by atoms with Gasteiger partial charge in [-0.05, 0) is 71.6 Å². The number of carbonyl (C=O) groups excluding carboxylic acids is 1. The average molecular weight is 483 g/mol. The fraction of sp³-hybridized carbons (Fsp3) is 0.381. The number of piperidine rings is 1. The molecule has 1 heterocycles. The van der Waals surface area contributed by atoms with E-state index in [0.29, 0.717) is 17.6 Å². The van der Waals surface area contributed by atoms with E-state index in [1.54, 1.807) is 25.2 Å². The molecule has 0 saturated carbocycles. The predicted octanol–water partition coefficient (Wildman–Crippen LogP) is 4.60. The minimum atomic E-state index is -3.64. The molecule has 0 bridgehead atoms. The molecule has 1 amide bonds. The van der Waals surface area contributed by atoms with Gasteiger partial charge < -0.3 is 4.90 Å². The first-order valence-electron chi connectivity index (χ1n) is 9.54. The lowest BCUT2D eigenvalue weighted by molar-refractivity contribution is 0.0741. The van der Waals surface area contributed by atoms with Crippen molar-refractivity contribution in [1.82, 2.24) is 9.21 Å². The normalized spacial score (nSPS) is 16.4. The van der Waals surface area contributed by atoms with Crippen LogP contribution in [-0.2, 0) is 10.0 Å². The molecule has 0 N–H and O–H groups in total. The topological polar surface area (TPSA) is 57.7 Å². The first kappa shape index (κ1) is 21.9. The van der Waals surface area contributed by atoms with Crippen molar-refractivity contribution in [3.63, 3.8) is 0 Å². The molecule has 1 fully saturated rings. The Bertz CT molecular complexity index is 989. The van der Waals surface area contributed by atoms with Crippen LogP contribution in [0.3, 0.4) is 0 Å². The van der Waals surface area contributed by atoms with E-state index in [4.69, 9.17) is 0 Å². The highest BCUT2D eigenvalue weighted by Crippen LogP contribution is 2.28. The molecule has 2 aromatic carbocycles. The van der Waals surface area contributed by atoms with Crippen LogP contribution in [0.1, 0.15) is 48.1 Å². The summed E-state index contributed by atoms with van der Waals surface area (Å²) in [5.41, 5.74) is 1.06. The summed E-state index contributed by atoms with van der Waals surface area (Å²) in [7, 11) is -1.99. The average Bonchev–Trinajstić information content (AvgIpc) is 2.73. The summed E-state index contributed by atoms with van der Waals surface area (Å²) in [6.45, 7) is 2.85. The van der Waals surface area contributed by atoms with Crippen LogP contribution in [0.2, 0.25) is 0 Å². The van der Waals surface area contributed by atoms with Gasteiger partial charge >= 0.3 is 0 Å². The van der Waals surface area contributed by atoms with Crippen molar-refractivity contribution in [2.45, 2.75) is 37.1 Å². The summed E-state index contributed by atoms with van der Waals surface area (Å²) < 4.78 is 41.2. The fourth-order valence-electron chi connectivity index (χ4n) is 3.41. The number of amides is 1. The lowest BCUT2D eigenvalue weighted by atomic mass is 10.1. The Morgan fingerprint density at radius 2 is 1.72 bits per heavy atom. The molecular weight excluding hydrogens is 459 g/mol. The zero-order chi connectivity index (χ0) is 21.2. The Labute approximate surface area is 179 Å². The molecule has 29 heavy (non-hydrogen) atoms. The van der Waals surface area contributed by atoms with Gasteiger partial charge in [0.05, 0.1) is 16.5 Å². The third-order valence-electron chi connectivity index (χ3n) is 5.37. The van der Waals surface area contributed by atoms with E-state index in [1.165, 1.54) is 33.5 Å². The maximum absolute atomic E-state index is 13.2. The van der Waals surface area contributed by atoms with Gasteiger partial charge in [-0.15, -0.1) is 0 Å². The van der Waals surface area contributed by atoms with Crippen molar-refractivity contribution in [3.8, 4) is 0 Å². The Kier molecular flexibility index (Phi) is 6.76. The van der Waals surface area contributed by atoms with E-state index >= 15 is 0 Å². The van der Waals surface area contributed by atoms with E-state index in [-0.39, 0.29) is 28.2 Å². The third kappa shape index (κ3) is 4.70. The highest BCUT2D eigenvalue weighted by atomic mass is 79.9. The molecule has 2 aromatic rings. The summed E-state index contributed by atoms with van der Waals surface area (Å²) in [5.74, 6) is -0.655. The van der Waals surface area contributed by atoms with Crippen LogP contribution in [0.5, 0.6) is 0 Å². The number of hydrogen-bond donors (Lipinski definition) is 0. The van der Waals surface area contributed by atoms with Gasteiger partial charge in [-0.1, -0.05) is 18.6 Å². The van der Waals surface area contributed by atoms with Crippen molar-refractivity contribution < 1.29 is 17.6 Å². The molecule has 156 valence electrons. The smallest absolute Gasteiger partial charge is 0.255 e. The van der Waals surface area contributed by atoms with Crippen molar-refractivity contribution in [2.24, 2.45) is 0 Å². The van der Waals surface area contributed by atoms with Gasteiger partial charge in [0.15, 0.2) is 0 Å². The number of benzene rings is 2. The lowest BCUT2D eigenvalue weighted by Crippen LogP contribution is -2.36. The fourth-order valence-corrected chi connectivity index (χ4v) is 5.37. The highest BCUT2D eigenvalue weighted by Gasteiger charge is 2.28. The minimum Gasteiger partial charge on any atom is -0.335 e. The number of rotatable bonds is 5. The molecule has 8 heteroatoms. The number of halogens is 2. The number of nitrogens with zero attached hydrogens (tertiary/aromatic N) is 2. The van der Waals surface area contributed by atoms with E-state index in [9.17, 15) is 17.6 Å². The number of sulfonamides is 1. The zero-order valence-electron chi connectivity index (χ0n) is 16.4. The van der Waals surface area contributed by atoms with E-state index in [0.717, 1.165) is 24.8 Å². The summed E-state index contributed by atoms with van der Waals surface area (Å²) in [6.07, 6.45) is 2.72. The molecule has 0 aliphatic carbocycles. The quantitative estimate of drug-likeness (QED) is 0.625. The van der Waals surface area contributed by atoms with E-state index < -0.39 is 10.0 Å². The van der Waals surface area contributed by atoms with Crippen LogP contribution >= 0.6 is 15.9 Å². The third-order valence-corrected chi connectivity index (χ3v) is 7.96. The van der Waals surface area contributed by atoms with Gasteiger partial charge in [-0.25, -0.2) is 12.8 Å². The minimum absolute atomic E-state index is 0.119. The maximum atomic E-state index is 13.2. The number of carbonyl (C=O) groups is 1. The maximum Gasteiger partial charge on any atom is 0.255 e. The summed E-state index contributed by atoms with van der Waals surface area (Å²) >= 11 is 3.37. The van der Waals surface area contributed by atoms with Crippen LogP contribution in [0.25, 0.3) is 0 Å². The van der Waals surface area contributed by atoms with Gasteiger partial charge in [-0.3, -0.25) is 4.79 Å². The SMILES string of the molecule is CC(c1ccc(F)cc1)N(C)C(=O)c1cc(S(=O)(=O)N2CCCCC2)ccc1Br. The van der Waals surface area contributed by atoms with Gasteiger partial charge in [0.2, 0.25) is 10.0 Å². The molecule has 0 aromatic heterocycles. The standard InChI is InChI=1S/C21H24BrFN2O3S/c1-15(16-6-8-17(23)9-7-16)24(2)21(26)19-14-18(10-11-20(19)22)29(27,28)25-12-4-3-5-13-25/h6-11,14-15H,3-5,12-13H2,1-2H3. The molecule has 5 nitrogen and oxygen atoms in total. The van der Waals surface area contributed by atoms with Crippen LogP contribution in [0.15, 0.2) is 51.8 Å². The first-order chi connectivity index (χ1) is 13.7. The summed E-state index contributed by atoms with van der Waals surface area (Å²) in [6, 6.07) is 10.2. The second kappa shape index (κ2) is 8.93. The molecule has 3 rings (SSSR count). The molecule has 1 unspecified atom stereocenters. The molecule has 0 spiro atoms. The van der Waals surface area contributed by atoms with Gasteiger partial charge in [-0.2, -0.15) is 4.31 Å². The summed E-state index contributed by atoms with van der Waals surface area (Å²) in [4.78, 5) is 14.8. The van der Waals surface area contributed by atoms with Crippen LogP contribution in [0.4, 0.5) is 4.39 Å². The first-order valence-corrected chi connectivity index (χ1v) is 11.8. The molecule has 1 atom stereocenters. The van der Waals surface area contributed by atoms with E-state index in [2.05, 4.69) is 15.9 Å². The van der Waals surface area contributed by atoms with Crippen LogP contribution in [-0.4, -0.2) is 43.7 Å². The van der Waals surface area contributed by atoms with Crippen LogP contribution in [0, 0.1) is 5.82 Å². The van der Waals surface area contributed by atoms with Crippen molar-refractivity contribution in [1.29, 1.82) is 0 Å². The molecular formula is C21H24BrFN2O3S. The largest absolute Gasteiger partial charge is 0.335 e. The van der Waals surface area contributed by atoms with Crippen molar-refractivity contribution in [2.75, 3.05) is 20.1 Å². The molecule has 1 aliphatic heterocycles. The molecule has 0 radical (unpaired) electrons. The van der Waals surface area contributed by atoms with Gasteiger partial charge in [0.1, 0.15) is 5.82 Å². The Morgan fingerprint density at radius 1 is 1.10 bits per heavy atom. The van der Waals surface area contributed by atoms with Crippen LogP contribution < -0.4 is 0 Å². The van der Waals surface area contributed by atoms with Crippen molar-refractivity contribution in [3.05, 3.63) is 63.9 Å². The monoisotopic (exact) mass is 482 g/mol. The number of hydrogen-bond acceptors (Lipinski definition) is 3. The van der Waals surface area contributed by atoms with Gasteiger partial charge in [0, 0.05) is 24.6 Å². The zero-order valence-corrected chi connectivity index (χ0v) is 18.8. The predicted molar refractivity (Wildman–Crippen MR) is 114 cm³/mol. The molecule has 1 aliphatic rings. The van der Waals surface area contributed by atoms with Crippen molar-refractivity contribution >= 4 is 31.9 Å². The van der Waals surface area contributed by atoms with Gasteiger partial charge in [0.25, 0.3) is 5.91 Å². The highest BCUT2D eigenvalue weighted by molar-refractivity contribution is 9.10. The lowest BCUT2D eigenvalue weighted by Gasteiger charge is -2.27. The Hall–Kier alpha value is -1.77. The Morgan fingerprint density at radius 3 is 2.34 bits per heavy atom. The molecule has 1 saturated heterocycles. The summed E-state index contributed by atoms with van der Waals surface area (Å²) in [5, 5.41) is 0.